The summed E-state index contributed by atoms with van der Waals surface area (Å²) in [4.78, 5) is 22.4. The molecule has 0 spiro atoms. The Kier molecular flexibility index (Phi) is 7.05. The van der Waals surface area contributed by atoms with E-state index in [1.54, 1.807) is 16.7 Å². The van der Waals surface area contributed by atoms with E-state index >= 15 is 0 Å². The van der Waals surface area contributed by atoms with Crippen molar-refractivity contribution in [1.29, 1.82) is 0 Å². The quantitative estimate of drug-likeness (QED) is 0.247. The first-order chi connectivity index (χ1) is 15.9. The normalized spacial score (nSPS) is 13.4. The van der Waals surface area contributed by atoms with Crippen LogP contribution in [0.25, 0.3) is 11.2 Å². The fourth-order valence-electron chi connectivity index (χ4n) is 3.06. The van der Waals surface area contributed by atoms with Crippen LogP contribution in [0.15, 0.2) is 58.0 Å². The molecule has 0 amide bonds. The van der Waals surface area contributed by atoms with Crippen molar-refractivity contribution in [1.82, 2.24) is 19.5 Å². The van der Waals surface area contributed by atoms with E-state index in [9.17, 15) is 9.36 Å². The number of nitrogens with one attached hydrogen (secondary N) is 1. The molecule has 1 unspecified atom stereocenters. The zero-order chi connectivity index (χ0) is 23.3. The Morgan fingerprint density at radius 3 is 2.70 bits per heavy atom. The molecule has 11 nitrogen and oxygen atoms in total. The number of hydrogen-bond donors (Lipinski definition) is 2. The van der Waals surface area contributed by atoms with Crippen molar-refractivity contribution in [2.75, 3.05) is 18.7 Å². The molecule has 1 atom stereocenters. The molecule has 1 aromatic carbocycles. The van der Waals surface area contributed by atoms with E-state index in [4.69, 9.17) is 23.9 Å². The van der Waals surface area contributed by atoms with Crippen molar-refractivity contribution < 1.29 is 22.8 Å². The number of rotatable bonds is 11. The highest BCUT2D eigenvalue weighted by molar-refractivity contribution is 7.53. The first-order valence-electron chi connectivity index (χ1n) is 10.2. The maximum atomic E-state index is 13.3. The third kappa shape index (κ3) is 5.96. The number of nitrogens with two attached hydrogens (primary N) is 1. The van der Waals surface area contributed by atoms with Crippen LogP contribution >= 0.6 is 7.60 Å². The lowest BCUT2D eigenvalue weighted by Crippen LogP contribution is -2.13. The van der Waals surface area contributed by atoms with Gasteiger partial charge in [0, 0.05) is 6.54 Å². The van der Waals surface area contributed by atoms with Gasteiger partial charge < -0.3 is 24.0 Å². The predicted octanol–water partition coefficient (Wildman–Crippen LogP) is 3.20. The van der Waals surface area contributed by atoms with E-state index < -0.39 is 13.2 Å². The van der Waals surface area contributed by atoms with Gasteiger partial charge in [0.1, 0.15) is 24.5 Å². The second kappa shape index (κ2) is 10.1. The number of benzene rings is 1. The van der Waals surface area contributed by atoms with Crippen molar-refractivity contribution in [3.63, 3.8) is 0 Å². The van der Waals surface area contributed by atoms with Gasteiger partial charge in [-0.25, -0.2) is 4.98 Å². The van der Waals surface area contributed by atoms with Gasteiger partial charge in [-0.05, 0) is 24.6 Å². The molecule has 174 valence electrons. The van der Waals surface area contributed by atoms with Crippen molar-refractivity contribution >= 4 is 24.7 Å². The number of anilines is 1. The Morgan fingerprint density at radius 2 is 1.94 bits per heavy atom. The highest BCUT2D eigenvalue weighted by Gasteiger charge is 2.26. The zero-order valence-corrected chi connectivity index (χ0v) is 18.9. The van der Waals surface area contributed by atoms with Gasteiger partial charge in [-0.3, -0.25) is 18.9 Å². The van der Waals surface area contributed by atoms with E-state index in [0.29, 0.717) is 18.0 Å². The summed E-state index contributed by atoms with van der Waals surface area (Å²) in [5, 5.41) is 0. The number of H-pyrrole nitrogens is 1. The van der Waals surface area contributed by atoms with Crippen LogP contribution < -0.4 is 11.3 Å². The third-order valence-electron chi connectivity index (χ3n) is 4.69. The van der Waals surface area contributed by atoms with Gasteiger partial charge in [0.05, 0.1) is 19.5 Å². The van der Waals surface area contributed by atoms with E-state index in [-0.39, 0.29) is 37.6 Å². The molecule has 4 aromatic rings. The van der Waals surface area contributed by atoms with Crippen LogP contribution in [0.5, 0.6) is 0 Å². The number of aromatic nitrogens is 4. The van der Waals surface area contributed by atoms with E-state index in [1.807, 2.05) is 37.3 Å². The summed E-state index contributed by atoms with van der Waals surface area (Å²) in [6.07, 6.45) is 1.21. The SMILES string of the molecule is Cc1ccc(COP(=O)(COCCn2cnc3c(=O)[nH]c(N)nc32)OCc2ccccc2)o1. The summed E-state index contributed by atoms with van der Waals surface area (Å²) in [6, 6.07) is 12.9. The van der Waals surface area contributed by atoms with Crippen molar-refractivity contribution in [2.24, 2.45) is 0 Å². The number of aryl methyl sites for hydroxylation is 1. The molecule has 0 saturated heterocycles. The largest absolute Gasteiger partial charge is 0.464 e. The highest BCUT2D eigenvalue weighted by Crippen LogP contribution is 2.49. The Bertz CT molecular complexity index is 1320. The molecule has 0 aliphatic carbocycles. The number of furan rings is 1. The maximum absolute atomic E-state index is 13.3. The average molecular weight is 473 g/mol. The number of aromatic amines is 1. The second-order valence-electron chi connectivity index (χ2n) is 7.25. The van der Waals surface area contributed by atoms with E-state index in [2.05, 4.69) is 15.0 Å². The number of imidazole rings is 1. The fraction of sp³-hybridized carbons (Fsp3) is 0.286. The van der Waals surface area contributed by atoms with Gasteiger partial charge in [-0.2, -0.15) is 4.98 Å². The topological polar surface area (TPSA) is 147 Å². The molecule has 12 heteroatoms. The molecule has 0 aliphatic rings. The highest BCUT2D eigenvalue weighted by atomic mass is 31.2. The Labute approximate surface area is 189 Å². The van der Waals surface area contributed by atoms with Crippen molar-refractivity contribution in [3.05, 3.63) is 76.2 Å². The smallest absolute Gasteiger partial charge is 0.356 e. The van der Waals surface area contributed by atoms with Crippen molar-refractivity contribution in [3.8, 4) is 0 Å². The van der Waals surface area contributed by atoms with Gasteiger partial charge in [-0.15, -0.1) is 0 Å². The summed E-state index contributed by atoms with van der Waals surface area (Å²) in [5.74, 6) is 1.26. The average Bonchev–Trinajstić information content (AvgIpc) is 3.41. The summed E-state index contributed by atoms with van der Waals surface area (Å²) in [5.41, 5.74) is 6.57. The Morgan fingerprint density at radius 1 is 1.15 bits per heavy atom. The van der Waals surface area contributed by atoms with Crippen molar-refractivity contribution in [2.45, 2.75) is 26.7 Å². The number of nitrogen functional groups attached to an aromatic ring is 1. The molecule has 3 heterocycles. The minimum absolute atomic E-state index is 0.00413. The van der Waals surface area contributed by atoms with Gasteiger partial charge in [-0.1, -0.05) is 30.3 Å². The van der Waals surface area contributed by atoms with Gasteiger partial charge in [0.15, 0.2) is 11.2 Å². The first kappa shape index (κ1) is 22.9. The lowest BCUT2D eigenvalue weighted by molar-refractivity contribution is 0.114. The molecule has 0 radical (unpaired) electrons. The number of hydrogen-bond acceptors (Lipinski definition) is 9. The number of ether oxygens (including phenoxy) is 1. The molecule has 0 aliphatic heterocycles. The molecule has 0 saturated carbocycles. The summed E-state index contributed by atoms with van der Waals surface area (Å²) >= 11 is 0. The van der Waals surface area contributed by atoms with Crippen LogP contribution in [0.1, 0.15) is 17.1 Å². The summed E-state index contributed by atoms with van der Waals surface area (Å²) < 4.78 is 37.3. The van der Waals surface area contributed by atoms with Crippen LogP contribution in [0.3, 0.4) is 0 Å². The standard InChI is InChI=1S/C21H24N5O6P/c1-15-7-8-17(32-15)12-31-33(28,30-11-16-5-3-2-4-6-16)14-29-10-9-26-13-23-18-19(26)24-21(22)25-20(18)27/h2-8,13H,9-12,14H2,1H3,(H3,22,24,25,27). The summed E-state index contributed by atoms with van der Waals surface area (Å²) in [6.45, 7) is 2.37. The van der Waals surface area contributed by atoms with Crippen LogP contribution in [-0.4, -0.2) is 32.5 Å². The lowest BCUT2D eigenvalue weighted by atomic mass is 10.2. The minimum Gasteiger partial charge on any atom is -0.464 e. The van der Waals surface area contributed by atoms with Crippen LogP contribution in [0, 0.1) is 6.92 Å². The molecule has 4 rings (SSSR count). The molecule has 0 bridgehead atoms. The van der Waals surface area contributed by atoms with Gasteiger partial charge >= 0.3 is 7.60 Å². The lowest BCUT2D eigenvalue weighted by Gasteiger charge is -2.18. The Balaban J connectivity index is 1.38. The maximum Gasteiger partial charge on any atom is 0.356 e. The van der Waals surface area contributed by atoms with Gasteiger partial charge in [0.2, 0.25) is 5.95 Å². The Hall–Kier alpha value is -3.24. The molecule has 33 heavy (non-hydrogen) atoms. The number of nitrogens with zero attached hydrogens (tertiary/aromatic N) is 3. The van der Waals surface area contributed by atoms with Crippen LogP contribution in [0.2, 0.25) is 0 Å². The summed E-state index contributed by atoms with van der Waals surface area (Å²) in [7, 11) is -3.61. The first-order valence-corrected chi connectivity index (χ1v) is 11.9. The van der Waals surface area contributed by atoms with Crippen LogP contribution in [-0.2, 0) is 38.1 Å². The number of fused-ring (bicyclic) bond motifs is 1. The van der Waals surface area contributed by atoms with Crippen LogP contribution in [0.4, 0.5) is 5.95 Å². The molecule has 3 N–H and O–H groups in total. The third-order valence-corrected chi connectivity index (χ3v) is 6.23. The molecule has 3 aromatic heterocycles. The minimum atomic E-state index is -3.61. The fourth-order valence-corrected chi connectivity index (χ4v) is 4.30. The molecule has 0 fully saturated rings. The second-order valence-corrected chi connectivity index (χ2v) is 9.25. The zero-order valence-electron chi connectivity index (χ0n) is 18.0. The van der Waals surface area contributed by atoms with E-state index in [1.165, 1.54) is 6.33 Å². The van der Waals surface area contributed by atoms with E-state index in [0.717, 1.165) is 11.3 Å². The molecular formula is C21H24N5O6P. The monoisotopic (exact) mass is 473 g/mol. The predicted molar refractivity (Wildman–Crippen MR) is 120 cm³/mol. The molecular weight excluding hydrogens is 449 g/mol. The van der Waals surface area contributed by atoms with Gasteiger partial charge in [0.25, 0.3) is 5.56 Å².